The second kappa shape index (κ2) is 6.82. The molecule has 118 valence electrons. The van der Waals surface area contributed by atoms with E-state index in [0.29, 0.717) is 24.6 Å². The molecule has 0 spiro atoms. The van der Waals surface area contributed by atoms with Crippen molar-refractivity contribution in [3.8, 4) is 11.8 Å². The maximum absolute atomic E-state index is 10.8. The second-order valence-electron chi connectivity index (χ2n) is 5.55. The molecule has 1 N–H and O–H groups in total. The smallest absolute Gasteiger partial charge is 0.309 e. The lowest BCUT2D eigenvalue weighted by atomic mass is 10.00. The Labute approximate surface area is 138 Å². The van der Waals surface area contributed by atoms with Crippen LogP contribution >= 0.6 is 11.3 Å². The first-order valence-corrected chi connectivity index (χ1v) is 8.17. The highest BCUT2D eigenvalue weighted by atomic mass is 32.1. The Morgan fingerprint density at radius 1 is 1.35 bits per heavy atom. The van der Waals surface area contributed by atoms with E-state index >= 15 is 0 Å². The fraction of sp³-hybridized carbons (Fsp3) is 0.294. The first-order valence-electron chi connectivity index (χ1n) is 7.29. The first-order chi connectivity index (χ1) is 11.2. The molecule has 0 amide bonds. The van der Waals surface area contributed by atoms with Gasteiger partial charge in [0.25, 0.3) is 0 Å². The summed E-state index contributed by atoms with van der Waals surface area (Å²) < 4.78 is 5.71. The number of ether oxygens (including phenoxy) is 1. The Bertz CT molecular complexity index is 727. The number of aliphatic carboxylic acids is 1. The van der Waals surface area contributed by atoms with Crippen molar-refractivity contribution >= 4 is 17.3 Å². The molecule has 0 aliphatic carbocycles. The summed E-state index contributed by atoms with van der Waals surface area (Å²) in [5.74, 6) is -0.177. The topological polar surface area (TPSA) is 73.6 Å². The molecule has 1 aliphatic heterocycles. The number of carboxylic acids is 1. The summed E-state index contributed by atoms with van der Waals surface area (Å²) in [5, 5.41) is 19.7. The molecule has 1 saturated heterocycles. The van der Waals surface area contributed by atoms with Crippen molar-refractivity contribution in [1.29, 1.82) is 5.26 Å². The zero-order chi connectivity index (χ0) is 16.2. The van der Waals surface area contributed by atoms with Crippen molar-refractivity contribution in [3.05, 3.63) is 51.7 Å². The van der Waals surface area contributed by atoms with Crippen molar-refractivity contribution in [3.63, 3.8) is 0 Å². The molecule has 2 heterocycles. The molecule has 3 rings (SSSR count). The fourth-order valence-electron chi connectivity index (χ4n) is 2.51. The second-order valence-corrected chi connectivity index (χ2v) is 6.46. The van der Waals surface area contributed by atoms with Gasteiger partial charge in [-0.05, 0) is 29.1 Å². The number of nitriles is 1. The van der Waals surface area contributed by atoms with Crippen molar-refractivity contribution in [2.45, 2.75) is 13.2 Å². The minimum atomic E-state index is -0.713. The van der Waals surface area contributed by atoms with Gasteiger partial charge in [0, 0.05) is 25.2 Å². The van der Waals surface area contributed by atoms with Crippen molar-refractivity contribution in [1.82, 2.24) is 4.90 Å². The van der Waals surface area contributed by atoms with Gasteiger partial charge in [-0.25, -0.2) is 0 Å². The highest BCUT2D eigenvalue weighted by molar-refractivity contribution is 7.10. The van der Waals surface area contributed by atoms with Gasteiger partial charge in [-0.1, -0.05) is 12.1 Å². The van der Waals surface area contributed by atoms with E-state index in [0.717, 1.165) is 23.4 Å². The predicted molar refractivity (Wildman–Crippen MR) is 86.2 cm³/mol. The Morgan fingerprint density at radius 3 is 2.74 bits per heavy atom. The molecular formula is C17H16N2O3S. The Balaban J connectivity index is 1.50. The van der Waals surface area contributed by atoms with E-state index in [-0.39, 0.29) is 5.92 Å². The Hall–Kier alpha value is -2.36. The van der Waals surface area contributed by atoms with Crippen LogP contribution in [0.25, 0.3) is 0 Å². The summed E-state index contributed by atoms with van der Waals surface area (Å²) in [6, 6.07) is 11.8. The van der Waals surface area contributed by atoms with Crippen LogP contribution in [0.4, 0.5) is 0 Å². The molecule has 1 aromatic heterocycles. The molecule has 1 aliphatic rings. The van der Waals surface area contributed by atoms with Gasteiger partial charge in [0.05, 0.1) is 5.92 Å². The van der Waals surface area contributed by atoms with E-state index in [1.807, 2.05) is 35.7 Å². The number of rotatable bonds is 6. The van der Waals surface area contributed by atoms with Crippen LogP contribution in [0.2, 0.25) is 0 Å². The summed E-state index contributed by atoms with van der Waals surface area (Å²) in [6.07, 6.45) is 0. The van der Waals surface area contributed by atoms with Crippen molar-refractivity contribution in [2.24, 2.45) is 5.92 Å². The average molecular weight is 328 g/mol. The van der Waals surface area contributed by atoms with E-state index in [2.05, 4.69) is 11.0 Å². The van der Waals surface area contributed by atoms with Crippen LogP contribution < -0.4 is 4.74 Å². The van der Waals surface area contributed by atoms with Crippen LogP contribution in [0.15, 0.2) is 35.7 Å². The van der Waals surface area contributed by atoms with Gasteiger partial charge in [0.2, 0.25) is 0 Å². The molecule has 0 bridgehead atoms. The van der Waals surface area contributed by atoms with Gasteiger partial charge in [-0.15, -0.1) is 11.3 Å². The van der Waals surface area contributed by atoms with Crippen LogP contribution in [0.1, 0.15) is 16.0 Å². The van der Waals surface area contributed by atoms with E-state index in [1.165, 1.54) is 11.3 Å². The van der Waals surface area contributed by atoms with E-state index in [4.69, 9.17) is 15.1 Å². The van der Waals surface area contributed by atoms with Crippen molar-refractivity contribution < 1.29 is 14.6 Å². The number of carbonyl (C=O) groups is 1. The van der Waals surface area contributed by atoms with E-state index < -0.39 is 5.97 Å². The van der Waals surface area contributed by atoms with Gasteiger partial charge in [-0.2, -0.15) is 5.26 Å². The van der Waals surface area contributed by atoms with E-state index in [9.17, 15) is 4.79 Å². The van der Waals surface area contributed by atoms with Gasteiger partial charge >= 0.3 is 5.97 Å². The van der Waals surface area contributed by atoms with Crippen LogP contribution in [0.5, 0.6) is 5.75 Å². The number of hydrogen-bond donors (Lipinski definition) is 1. The maximum Gasteiger partial charge on any atom is 0.309 e. The highest BCUT2D eigenvalue weighted by Crippen LogP contribution is 2.22. The van der Waals surface area contributed by atoms with Gasteiger partial charge in [0.15, 0.2) is 0 Å². The summed E-state index contributed by atoms with van der Waals surface area (Å²) in [4.78, 5) is 13.6. The number of likely N-dealkylation sites (tertiary alicyclic amines) is 1. The fourth-order valence-corrected chi connectivity index (χ4v) is 3.21. The molecule has 6 heteroatoms. The molecule has 0 radical (unpaired) electrons. The summed E-state index contributed by atoms with van der Waals surface area (Å²) in [5.41, 5.74) is 2.04. The molecule has 1 fully saturated rings. The number of hydrogen-bond acceptors (Lipinski definition) is 5. The molecule has 2 aromatic rings. The molecule has 1 aromatic carbocycles. The van der Waals surface area contributed by atoms with Gasteiger partial charge < -0.3 is 9.84 Å². The molecule has 23 heavy (non-hydrogen) atoms. The number of carboxylic acid groups (broad SMARTS) is 1. The van der Waals surface area contributed by atoms with Gasteiger partial charge in [-0.3, -0.25) is 9.69 Å². The lowest BCUT2D eigenvalue weighted by Gasteiger charge is -2.36. The predicted octanol–water partition coefficient (Wildman–Crippen LogP) is 2.72. The lowest BCUT2D eigenvalue weighted by Crippen LogP contribution is -2.49. The molecule has 0 unspecified atom stereocenters. The highest BCUT2D eigenvalue weighted by Gasteiger charge is 2.32. The Morgan fingerprint density at radius 2 is 2.09 bits per heavy atom. The largest absolute Gasteiger partial charge is 0.489 e. The molecule has 0 saturated carbocycles. The normalized spacial score (nSPS) is 14.9. The molecular weight excluding hydrogens is 312 g/mol. The zero-order valence-corrected chi connectivity index (χ0v) is 13.3. The summed E-state index contributed by atoms with van der Waals surface area (Å²) in [7, 11) is 0. The quantitative estimate of drug-likeness (QED) is 0.882. The third kappa shape index (κ3) is 3.70. The SMILES string of the molecule is N#Cc1sccc1COc1ccc(CN2CC(C(=O)O)C2)cc1. The minimum Gasteiger partial charge on any atom is -0.489 e. The number of nitrogens with zero attached hydrogens (tertiary/aromatic N) is 2. The van der Waals surface area contributed by atoms with Crippen LogP contribution in [-0.2, 0) is 17.9 Å². The zero-order valence-electron chi connectivity index (χ0n) is 12.4. The summed E-state index contributed by atoms with van der Waals surface area (Å²) in [6.45, 7) is 2.37. The average Bonchev–Trinajstić information content (AvgIpc) is 2.96. The Kier molecular flexibility index (Phi) is 4.60. The maximum atomic E-state index is 10.8. The molecule has 0 atom stereocenters. The number of thiophene rings is 1. The standard InChI is InChI=1S/C17H16N2O3S/c18-7-16-13(5-6-23-16)11-22-15-3-1-12(2-4-15)8-19-9-14(10-19)17(20)21/h1-6,14H,8-11H2,(H,20,21). The number of benzene rings is 1. The third-order valence-electron chi connectivity index (χ3n) is 3.88. The first kappa shape index (κ1) is 15.5. The third-order valence-corrected chi connectivity index (χ3v) is 4.74. The lowest BCUT2D eigenvalue weighted by molar-refractivity contribution is -0.147. The van der Waals surface area contributed by atoms with E-state index in [1.54, 1.807) is 0 Å². The van der Waals surface area contributed by atoms with Crippen LogP contribution in [0.3, 0.4) is 0 Å². The van der Waals surface area contributed by atoms with Crippen LogP contribution in [-0.4, -0.2) is 29.1 Å². The van der Waals surface area contributed by atoms with Crippen molar-refractivity contribution in [2.75, 3.05) is 13.1 Å². The summed E-state index contributed by atoms with van der Waals surface area (Å²) >= 11 is 1.42. The minimum absolute atomic E-state index is 0.224. The molecule has 5 nitrogen and oxygen atoms in total. The monoisotopic (exact) mass is 328 g/mol. The van der Waals surface area contributed by atoms with Gasteiger partial charge in [0.1, 0.15) is 23.3 Å². The van der Waals surface area contributed by atoms with Crippen LogP contribution in [0, 0.1) is 17.2 Å².